The van der Waals surface area contributed by atoms with E-state index in [1.807, 2.05) is 18.2 Å². The van der Waals surface area contributed by atoms with Crippen molar-refractivity contribution in [2.45, 2.75) is 33.4 Å². The third-order valence-corrected chi connectivity index (χ3v) is 4.32. The number of anilines is 1. The Morgan fingerprint density at radius 3 is 2.44 bits per heavy atom. The van der Waals surface area contributed by atoms with Crippen molar-refractivity contribution in [3.8, 4) is 0 Å². The molecule has 0 radical (unpaired) electrons. The molecule has 0 aliphatic heterocycles. The molecule has 0 aliphatic carbocycles. The Bertz CT molecular complexity index is 486. The first-order valence-corrected chi connectivity index (χ1v) is 7.41. The van der Waals surface area contributed by atoms with Crippen LogP contribution in [0.1, 0.15) is 26.3 Å². The molecule has 0 bridgehead atoms. The highest BCUT2D eigenvalue weighted by molar-refractivity contribution is 7.87. The summed E-state index contributed by atoms with van der Waals surface area (Å²) in [4.78, 5) is 0. The molecule has 0 aliphatic rings. The Hall–Kier alpha value is -1.11. The molecule has 0 unspecified atom stereocenters. The van der Waals surface area contributed by atoms with Gasteiger partial charge in [-0.1, -0.05) is 25.1 Å². The van der Waals surface area contributed by atoms with Gasteiger partial charge in [0.25, 0.3) is 10.2 Å². The fourth-order valence-corrected chi connectivity index (χ4v) is 3.00. The van der Waals surface area contributed by atoms with E-state index in [9.17, 15) is 8.42 Å². The number of para-hydroxylation sites is 1. The summed E-state index contributed by atoms with van der Waals surface area (Å²) in [6, 6.07) is 7.16. The number of nitrogens with zero attached hydrogens (tertiary/aromatic N) is 1. The topological polar surface area (TPSA) is 75.4 Å². The summed E-state index contributed by atoms with van der Waals surface area (Å²) in [5.41, 5.74) is 7.25. The predicted molar refractivity (Wildman–Crippen MR) is 74.1 cm³/mol. The van der Waals surface area contributed by atoms with Gasteiger partial charge in [0, 0.05) is 24.8 Å². The van der Waals surface area contributed by atoms with Gasteiger partial charge in [-0.25, -0.2) is 0 Å². The van der Waals surface area contributed by atoms with Gasteiger partial charge >= 0.3 is 0 Å². The van der Waals surface area contributed by atoms with Crippen molar-refractivity contribution in [3.05, 3.63) is 29.8 Å². The van der Waals surface area contributed by atoms with Crippen LogP contribution in [0.3, 0.4) is 0 Å². The molecule has 0 saturated heterocycles. The molecule has 0 spiro atoms. The van der Waals surface area contributed by atoms with Gasteiger partial charge in [0.1, 0.15) is 0 Å². The van der Waals surface area contributed by atoms with Crippen molar-refractivity contribution in [3.63, 3.8) is 0 Å². The summed E-state index contributed by atoms with van der Waals surface area (Å²) in [6.45, 7) is 6.07. The van der Waals surface area contributed by atoms with Crippen molar-refractivity contribution >= 4 is 15.9 Å². The Morgan fingerprint density at radius 1 is 1.33 bits per heavy atom. The van der Waals surface area contributed by atoms with E-state index in [2.05, 4.69) is 4.72 Å². The second-order valence-corrected chi connectivity index (χ2v) is 6.10. The minimum Gasteiger partial charge on any atom is -0.398 e. The van der Waals surface area contributed by atoms with Crippen molar-refractivity contribution in [2.75, 3.05) is 12.3 Å². The molecule has 1 aromatic rings. The number of rotatable bonds is 6. The number of benzene rings is 1. The SMILES string of the molecule is CCN(Cc1ccccc1N)S(=O)(=O)NC(C)C. The van der Waals surface area contributed by atoms with Gasteiger partial charge in [0.15, 0.2) is 0 Å². The Morgan fingerprint density at radius 2 is 1.94 bits per heavy atom. The second-order valence-electron chi connectivity index (χ2n) is 4.40. The molecule has 3 N–H and O–H groups in total. The fraction of sp³-hybridized carbons (Fsp3) is 0.500. The van der Waals surface area contributed by atoms with Crippen molar-refractivity contribution in [1.82, 2.24) is 9.03 Å². The second kappa shape index (κ2) is 6.17. The fourth-order valence-electron chi connectivity index (χ4n) is 1.61. The number of hydrogen-bond acceptors (Lipinski definition) is 3. The molecule has 102 valence electrons. The van der Waals surface area contributed by atoms with Crippen LogP contribution in [0.15, 0.2) is 24.3 Å². The minimum atomic E-state index is -3.46. The highest BCUT2D eigenvalue weighted by atomic mass is 32.2. The molecular formula is C12H21N3O2S. The molecule has 0 aromatic heterocycles. The van der Waals surface area contributed by atoms with E-state index < -0.39 is 10.2 Å². The molecular weight excluding hydrogens is 250 g/mol. The van der Waals surface area contributed by atoms with Crippen molar-refractivity contribution in [1.29, 1.82) is 0 Å². The Kier molecular flexibility index (Phi) is 5.13. The van der Waals surface area contributed by atoms with E-state index in [0.29, 0.717) is 12.2 Å². The first-order valence-electron chi connectivity index (χ1n) is 5.97. The lowest BCUT2D eigenvalue weighted by Gasteiger charge is -2.22. The van der Waals surface area contributed by atoms with Crippen LogP contribution in [-0.2, 0) is 16.8 Å². The maximum Gasteiger partial charge on any atom is 0.279 e. The van der Waals surface area contributed by atoms with Crippen LogP contribution < -0.4 is 10.5 Å². The monoisotopic (exact) mass is 271 g/mol. The zero-order valence-electron chi connectivity index (χ0n) is 11.1. The quantitative estimate of drug-likeness (QED) is 0.767. The maximum atomic E-state index is 12.1. The van der Waals surface area contributed by atoms with Crippen LogP contribution in [-0.4, -0.2) is 25.3 Å². The molecule has 5 nitrogen and oxygen atoms in total. The Labute approximate surface area is 109 Å². The first-order chi connectivity index (χ1) is 8.36. The van der Waals surface area contributed by atoms with Crippen LogP contribution in [0, 0.1) is 0 Å². The van der Waals surface area contributed by atoms with Gasteiger partial charge in [0.2, 0.25) is 0 Å². The van der Waals surface area contributed by atoms with Gasteiger partial charge in [-0.05, 0) is 25.5 Å². The summed E-state index contributed by atoms with van der Waals surface area (Å²) in [5.74, 6) is 0. The van der Waals surface area contributed by atoms with E-state index in [-0.39, 0.29) is 12.6 Å². The van der Waals surface area contributed by atoms with E-state index in [1.54, 1.807) is 26.8 Å². The third kappa shape index (κ3) is 3.97. The van der Waals surface area contributed by atoms with Gasteiger partial charge in [0.05, 0.1) is 0 Å². The predicted octanol–water partition coefficient (Wildman–Crippen LogP) is 1.33. The van der Waals surface area contributed by atoms with Gasteiger partial charge in [-0.15, -0.1) is 0 Å². The largest absolute Gasteiger partial charge is 0.398 e. The third-order valence-electron chi connectivity index (χ3n) is 2.48. The normalized spacial score (nSPS) is 12.3. The molecule has 0 amide bonds. The number of nitrogens with two attached hydrogens (primary N) is 1. The molecule has 1 aromatic carbocycles. The molecule has 0 saturated carbocycles. The summed E-state index contributed by atoms with van der Waals surface area (Å²) >= 11 is 0. The number of nitrogen functional groups attached to an aromatic ring is 1. The molecule has 6 heteroatoms. The highest BCUT2D eigenvalue weighted by Crippen LogP contribution is 2.15. The molecule has 0 atom stereocenters. The lowest BCUT2D eigenvalue weighted by Crippen LogP contribution is -2.43. The summed E-state index contributed by atoms with van der Waals surface area (Å²) in [6.07, 6.45) is 0. The standard InChI is InChI=1S/C12H21N3O2S/c1-4-15(18(16,17)14-10(2)3)9-11-7-5-6-8-12(11)13/h5-8,10,14H,4,9,13H2,1-3H3. The van der Waals surface area contributed by atoms with Crippen molar-refractivity contribution < 1.29 is 8.42 Å². The Balaban J connectivity index is 2.89. The molecule has 18 heavy (non-hydrogen) atoms. The van der Waals surface area contributed by atoms with Gasteiger partial charge in [-0.3, -0.25) is 0 Å². The average Bonchev–Trinajstić information content (AvgIpc) is 2.25. The van der Waals surface area contributed by atoms with Crippen LogP contribution in [0.5, 0.6) is 0 Å². The van der Waals surface area contributed by atoms with E-state index in [0.717, 1.165) is 5.56 Å². The number of nitrogens with one attached hydrogen (secondary N) is 1. The van der Waals surface area contributed by atoms with Crippen LogP contribution in [0.2, 0.25) is 0 Å². The smallest absolute Gasteiger partial charge is 0.279 e. The zero-order valence-corrected chi connectivity index (χ0v) is 11.9. The van der Waals surface area contributed by atoms with E-state index in [1.165, 1.54) is 4.31 Å². The molecule has 1 rings (SSSR count). The number of hydrogen-bond donors (Lipinski definition) is 2. The summed E-state index contributed by atoms with van der Waals surface area (Å²) in [5, 5.41) is 0. The average molecular weight is 271 g/mol. The first kappa shape index (κ1) is 14.9. The van der Waals surface area contributed by atoms with E-state index in [4.69, 9.17) is 5.73 Å². The van der Waals surface area contributed by atoms with Crippen LogP contribution in [0.4, 0.5) is 5.69 Å². The highest BCUT2D eigenvalue weighted by Gasteiger charge is 2.21. The summed E-state index contributed by atoms with van der Waals surface area (Å²) in [7, 11) is -3.46. The van der Waals surface area contributed by atoms with Gasteiger partial charge in [-0.2, -0.15) is 17.4 Å². The zero-order chi connectivity index (χ0) is 13.8. The van der Waals surface area contributed by atoms with Crippen molar-refractivity contribution in [2.24, 2.45) is 0 Å². The molecule has 0 heterocycles. The van der Waals surface area contributed by atoms with Crippen LogP contribution >= 0.6 is 0 Å². The van der Waals surface area contributed by atoms with Gasteiger partial charge < -0.3 is 5.73 Å². The summed E-state index contributed by atoms with van der Waals surface area (Å²) < 4.78 is 28.1. The lowest BCUT2D eigenvalue weighted by molar-refractivity contribution is 0.410. The maximum absolute atomic E-state index is 12.1. The lowest BCUT2D eigenvalue weighted by atomic mass is 10.2. The van der Waals surface area contributed by atoms with E-state index >= 15 is 0 Å². The minimum absolute atomic E-state index is 0.128. The molecule has 0 fully saturated rings. The van der Waals surface area contributed by atoms with Crippen LogP contribution in [0.25, 0.3) is 0 Å².